The molecule has 1 unspecified atom stereocenters. The second-order valence-electron chi connectivity index (χ2n) is 8.37. The molecule has 3 atom stereocenters. The van der Waals surface area contributed by atoms with Crippen molar-refractivity contribution in [1.29, 1.82) is 0 Å². The summed E-state index contributed by atoms with van der Waals surface area (Å²) < 4.78 is 5.78. The first-order valence-corrected chi connectivity index (χ1v) is 10.1. The van der Waals surface area contributed by atoms with Crippen LogP contribution in [0.3, 0.4) is 0 Å². The lowest BCUT2D eigenvalue weighted by Gasteiger charge is -2.37. The molecule has 6 nitrogen and oxygen atoms in total. The number of carbonyl (C=O) groups excluding carboxylic acids is 2. The van der Waals surface area contributed by atoms with E-state index in [1.54, 1.807) is 0 Å². The molecule has 1 N–H and O–H groups in total. The smallest absolute Gasteiger partial charge is 0.410 e. The molecule has 4 rings (SSSR count). The minimum Gasteiger partial charge on any atom is -0.441 e. The second-order valence-corrected chi connectivity index (χ2v) is 8.37. The SMILES string of the molecule is CCCCCCN1CC2(CCN(C(=O)C3[C@H]4CNC[C@@H]34)CC2)OC1=O. The number of hydrogen-bond donors (Lipinski definition) is 1. The number of ether oxygens (including phenoxy) is 1. The molecule has 0 radical (unpaired) electrons. The molecule has 3 aliphatic heterocycles. The highest BCUT2D eigenvalue weighted by Crippen LogP contribution is 2.50. The molecule has 4 fully saturated rings. The van der Waals surface area contributed by atoms with E-state index in [9.17, 15) is 9.59 Å². The summed E-state index contributed by atoms with van der Waals surface area (Å²) in [7, 11) is 0. The van der Waals surface area contributed by atoms with Crippen LogP contribution in [-0.4, -0.2) is 66.7 Å². The van der Waals surface area contributed by atoms with Crippen molar-refractivity contribution in [3.63, 3.8) is 0 Å². The van der Waals surface area contributed by atoms with Gasteiger partial charge in [0.1, 0.15) is 5.60 Å². The molecule has 4 aliphatic rings. The standard InChI is InChI=1S/C19H31N3O3/c1-2-3-4-5-8-22-13-19(25-18(22)24)6-9-21(10-7-19)17(23)16-14-11-20-12-15(14)16/h14-16,20H,2-13H2,1H3/t14-,15+,16?. The molecule has 1 aliphatic carbocycles. The van der Waals surface area contributed by atoms with E-state index in [0.717, 1.165) is 52.0 Å². The number of rotatable bonds is 6. The largest absolute Gasteiger partial charge is 0.441 e. The van der Waals surface area contributed by atoms with E-state index >= 15 is 0 Å². The number of piperidine rings is 2. The molecule has 0 aromatic rings. The molecular weight excluding hydrogens is 318 g/mol. The first-order chi connectivity index (χ1) is 12.1. The van der Waals surface area contributed by atoms with Crippen LogP contribution in [0.2, 0.25) is 0 Å². The normalized spacial score (nSPS) is 32.8. The van der Waals surface area contributed by atoms with Gasteiger partial charge in [0.2, 0.25) is 5.91 Å². The van der Waals surface area contributed by atoms with E-state index in [-0.39, 0.29) is 17.6 Å². The van der Waals surface area contributed by atoms with Crippen molar-refractivity contribution in [3.05, 3.63) is 0 Å². The lowest BCUT2D eigenvalue weighted by molar-refractivity contribution is -0.136. The van der Waals surface area contributed by atoms with Gasteiger partial charge in [0.15, 0.2) is 0 Å². The fraction of sp³-hybridized carbons (Fsp3) is 0.895. The third-order valence-electron chi connectivity index (χ3n) is 6.69. The van der Waals surface area contributed by atoms with Crippen molar-refractivity contribution >= 4 is 12.0 Å². The Morgan fingerprint density at radius 2 is 1.92 bits per heavy atom. The van der Waals surface area contributed by atoms with Crippen LogP contribution in [-0.2, 0) is 9.53 Å². The highest BCUT2D eigenvalue weighted by atomic mass is 16.6. The Morgan fingerprint density at radius 1 is 1.20 bits per heavy atom. The highest BCUT2D eigenvalue weighted by molar-refractivity contribution is 5.83. The number of likely N-dealkylation sites (tertiary alicyclic amines) is 1. The van der Waals surface area contributed by atoms with Gasteiger partial charge in [0.05, 0.1) is 6.54 Å². The average molecular weight is 349 g/mol. The van der Waals surface area contributed by atoms with Crippen LogP contribution in [0.25, 0.3) is 0 Å². The van der Waals surface area contributed by atoms with Crippen molar-refractivity contribution in [2.75, 3.05) is 39.3 Å². The van der Waals surface area contributed by atoms with Gasteiger partial charge >= 0.3 is 6.09 Å². The van der Waals surface area contributed by atoms with E-state index in [2.05, 4.69) is 12.2 Å². The number of amides is 2. The van der Waals surface area contributed by atoms with Gasteiger partial charge in [-0.2, -0.15) is 0 Å². The summed E-state index contributed by atoms with van der Waals surface area (Å²) in [5, 5.41) is 3.35. The van der Waals surface area contributed by atoms with Crippen molar-refractivity contribution < 1.29 is 14.3 Å². The van der Waals surface area contributed by atoms with Gasteiger partial charge in [-0.1, -0.05) is 26.2 Å². The van der Waals surface area contributed by atoms with Crippen LogP contribution < -0.4 is 5.32 Å². The van der Waals surface area contributed by atoms with Crippen molar-refractivity contribution in [2.24, 2.45) is 17.8 Å². The van der Waals surface area contributed by atoms with Gasteiger partial charge in [-0.05, 0) is 31.3 Å². The van der Waals surface area contributed by atoms with Gasteiger partial charge < -0.3 is 19.9 Å². The molecule has 3 heterocycles. The molecule has 1 saturated carbocycles. The molecule has 3 saturated heterocycles. The van der Waals surface area contributed by atoms with Gasteiger partial charge in [-0.3, -0.25) is 4.79 Å². The second kappa shape index (κ2) is 6.78. The Labute approximate surface area is 150 Å². The molecule has 0 aromatic carbocycles. The van der Waals surface area contributed by atoms with Gasteiger partial charge in [-0.15, -0.1) is 0 Å². The van der Waals surface area contributed by atoms with E-state index in [0.29, 0.717) is 24.3 Å². The summed E-state index contributed by atoms with van der Waals surface area (Å²) in [6.07, 6.45) is 6.09. The predicted octanol–water partition coefficient (Wildman–Crippen LogP) is 1.85. The zero-order chi connectivity index (χ0) is 17.4. The summed E-state index contributed by atoms with van der Waals surface area (Å²) in [6.45, 7) is 7.19. The highest BCUT2D eigenvalue weighted by Gasteiger charge is 2.58. The summed E-state index contributed by atoms with van der Waals surface area (Å²) in [5.41, 5.74) is -0.348. The van der Waals surface area contributed by atoms with Crippen molar-refractivity contribution in [2.45, 2.75) is 51.0 Å². The fourth-order valence-electron chi connectivity index (χ4n) is 4.98. The Kier molecular flexibility index (Phi) is 4.65. The lowest BCUT2D eigenvalue weighted by atomic mass is 9.91. The van der Waals surface area contributed by atoms with Crippen molar-refractivity contribution in [3.8, 4) is 0 Å². The number of unbranched alkanes of at least 4 members (excludes halogenated alkanes) is 3. The zero-order valence-electron chi connectivity index (χ0n) is 15.3. The van der Waals surface area contributed by atoms with Crippen LogP contribution in [0, 0.1) is 17.8 Å². The molecule has 0 aromatic heterocycles. The minimum absolute atomic E-state index is 0.154. The first-order valence-electron chi connectivity index (χ1n) is 10.1. The fourth-order valence-corrected chi connectivity index (χ4v) is 4.98. The van der Waals surface area contributed by atoms with E-state index in [1.165, 1.54) is 19.3 Å². The zero-order valence-corrected chi connectivity index (χ0v) is 15.3. The van der Waals surface area contributed by atoms with E-state index < -0.39 is 0 Å². The molecule has 6 heteroatoms. The predicted molar refractivity (Wildman–Crippen MR) is 94.1 cm³/mol. The minimum atomic E-state index is -0.348. The molecule has 25 heavy (non-hydrogen) atoms. The Hall–Kier alpha value is -1.30. The summed E-state index contributed by atoms with van der Waals surface area (Å²) >= 11 is 0. The van der Waals surface area contributed by atoms with E-state index in [1.807, 2.05) is 9.80 Å². The van der Waals surface area contributed by atoms with Gasteiger partial charge in [-0.25, -0.2) is 4.79 Å². The third-order valence-corrected chi connectivity index (χ3v) is 6.69. The molecule has 1 spiro atoms. The Bertz CT molecular complexity index is 520. The number of hydrogen-bond acceptors (Lipinski definition) is 4. The quantitative estimate of drug-likeness (QED) is 0.744. The molecule has 2 amide bonds. The topological polar surface area (TPSA) is 61.9 Å². The van der Waals surface area contributed by atoms with Crippen LogP contribution >= 0.6 is 0 Å². The van der Waals surface area contributed by atoms with Crippen LogP contribution in [0.4, 0.5) is 4.79 Å². The van der Waals surface area contributed by atoms with Crippen molar-refractivity contribution in [1.82, 2.24) is 15.1 Å². The Morgan fingerprint density at radius 3 is 2.60 bits per heavy atom. The van der Waals surface area contributed by atoms with Gasteiger partial charge in [0, 0.05) is 38.4 Å². The molecule has 140 valence electrons. The first kappa shape index (κ1) is 17.1. The maximum absolute atomic E-state index is 12.7. The average Bonchev–Trinajstić information content (AvgIpc) is 2.93. The van der Waals surface area contributed by atoms with E-state index in [4.69, 9.17) is 4.74 Å². The van der Waals surface area contributed by atoms with Crippen LogP contribution in [0.15, 0.2) is 0 Å². The maximum atomic E-state index is 12.7. The molecular formula is C19H31N3O3. The maximum Gasteiger partial charge on any atom is 0.410 e. The summed E-state index contributed by atoms with van der Waals surface area (Å²) in [4.78, 5) is 28.8. The number of fused-ring (bicyclic) bond motifs is 1. The van der Waals surface area contributed by atoms with Crippen LogP contribution in [0.5, 0.6) is 0 Å². The monoisotopic (exact) mass is 349 g/mol. The van der Waals surface area contributed by atoms with Gasteiger partial charge in [0.25, 0.3) is 0 Å². The number of nitrogens with one attached hydrogen (secondary N) is 1. The third kappa shape index (κ3) is 3.25. The number of carbonyl (C=O) groups is 2. The Balaban J connectivity index is 1.25. The number of nitrogens with zero attached hydrogens (tertiary/aromatic N) is 2. The summed E-state index contributed by atoms with van der Waals surface area (Å²) in [5.74, 6) is 1.75. The lowest BCUT2D eigenvalue weighted by Crippen LogP contribution is -2.49. The molecule has 0 bridgehead atoms. The van der Waals surface area contributed by atoms with Crippen LogP contribution in [0.1, 0.15) is 45.4 Å². The summed E-state index contributed by atoms with van der Waals surface area (Å²) in [6, 6.07) is 0.